The van der Waals surface area contributed by atoms with Gasteiger partial charge in [-0.25, -0.2) is 0 Å². The maximum atomic E-state index is 9.77. The van der Waals surface area contributed by atoms with Crippen molar-refractivity contribution < 1.29 is 29.9 Å². The molecule has 1 aliphatic rings. The lowest BCUT2D eigenvalue weighted by Gasteiger charge is -2.46. The fourth-order valence-electron chi connectivity index (χ4n) is 1.71. The lowest BCUT2D eigenvalue weighted by atomic mass is 9.87. The summed E-state index contributed by atoms with van der Waals surface area (Å²) in [6.07, 6.45) is -4.27. The highest BCUT2D eigenvalue weighted by Gasteiger charge is 2.53. The molecule has 9 nitrogen and oxygen atoms in total. The number of ether oxygens (including phenoxy) is 2. The first kappa shape index (κ1) is 14.1. The monoisotopic (exact) mass is 249 g/mol. The molecule has 1 heterocycles. The van der Waals surface area contributed by atoms with E-state index >= 15 is 0 Å². The molecule has 0 spiro atoms. The van der Waals surface area contributed by atoms with Gasteiger partial charge in [0.2, 0.25) is 0 Å². The molecule has 0 amide bonds. The number of azide groups is 1. The molecule has 0 aromatic carbocycles. The van der Waals surface area contributed by atoms with Gasteiger partial charge in [-0.1, -0.05) is 5.11 Å². The van der Waals surface area contributed by atoms with Crippen LogP contribution in [0.1, 0.15) is 0 Å². The van der Waals surface area contributed by atoms with Crippen LogP contribution in [0.2, 0.25) is 0 Å². The molecule has 0 aliphatic carbocycles. The average molecular weight is 249 g/mol. The molecule has 4 atom stereocenters. The smallest absolute Gasteiger partial charge is 0.169 e. The zero-order valence-corrected chi connectivity index (χ0v) is 9.17. The van der Waals surface area contributed by atoms with Crippen molar-refractivity contribution in [3.63, 3.8) is 0 Å². The van der Waals surface area contributed by atoms with Crippen molar-refractivity contribution in [2.24, 2.45) is 5.11 Å². The second-order valence-electron chi connectivity index (χ2n) is 3.73. The average Bonchev–Trinajstić information content (AvgIpc) is 2.36. The first-order valence-corrected chi connectivity index (χ1v) is 4.89. The minimum absolute atomic E-state index is 0.718. The van der Waals surface area contributed by atoms with Crippen LogP contribution in [0.5, 0.6) is 0 Å². The summed E-state index contributed by atoms with van der Waals surface area (Å²) >= 11 is 0. The van der Waals surface area contributed by atoms with E-state index in [1.807, 2.05) is 0 Å². The van der Waals surface area contributed by atoms with Crippen LogP contribution in [0.3, 0.4) is 0 Å². The van der Waals surface area contributed by atoms with Gasteiger partial charge in [0, 0.05) is 12.0 Å². The van der Waals surface area contributed by atoms with Crippen LogP contribution in [0.4, 0.5) is 0 Å². The van der Waals surface area contributed by atoms with E-state index in [0.29, 0.717) is 0 Å². The zero-order chi connectivity index (χ0) is 13.1. The second-order valence-corrected chi connectivity index (χ2v) is 3.73. The molecule has 0 aromatic rings. The molecule has 98 valence electrons. The van der Waals surface area contributed by atoms with E-state index < -0.39 is 43.4 Å². The molecule has 0 saturated carbocycles. The predicted molar refractivity (Wildman–Crippen MR) is 53.7 cm³/mol. The van der Waals surface area contributed by atoms with Gasteiger partial charge >= 0.3 is 0 Å². The highest BCUT2D eigenvalue weighted by Crippen LogP contribution is 2.31. The van der Waals surface area contributed by atoms with Gasteiger partial charge in [-0.15, -0.1) is 0 Å². The molecule has 1 rings (SSSR count). The van der Waals surface area contributed by atoms with Gasteiger partial charge in [-0.3, -0.25) is 0 Å². The van der Waals surface area contributed by atoms with Crippen molar-refractivity contribution in [3.8, 4) is 0 Å². The number of rotatable bonds is 4. The first-order chi connectivity index (χ1) is 8.06. The largest absolute Gasteiger partial charge is 0.393 e. The van der Waals surface area contributed by atoms with Gasteiger partial charge in [0.15, 0.2) is 6.29 Å². The Balaban J connectivity index is 3.04. The number of methoxy groups -OCH3 is 1. The van der Waals surface area contributed by atoms with Crippen LogP contribution in [-0.2, 0) is 9.47 Å². The number of aliphatic hydroxyl groups excluding tert-OH is 4. The standard InChI is InChI=1S/C8H15N3O6/c1-16-7-4(10-11-9)5(14)6(15)8(2-12,3-13)17-7/h4-7,12-15H,2-3H2,1H3/t4?,5-,6-,7-/m1/s1. The summed E-state index contributed by atoms with van der Waals surface area (Å²) < 4.78 is 10.0. The summed E-state index contributed by atoms with van der Waals surface area (Å²) in [5.41, 5.74) is 6.59. The molecule has 1 aliphatic heterocycles. The topological polar surface area (TPSA) is 148 Å². The third kappa shape index (κ3) is 2.35. The Kier molecular flexibility index (Phi) is 4.66. The van der Waals surface area contributed by atoms with Gasteiger partial charge in [0.1, 0.15) is 17.7 Å². The van der Waals surface area contributed by atoms with E-state index in [1.54, 1.807) is 0 Å². The molecule has 0 aromatic heterocycles. The van der Waals surface area contributed by atoms with Gasteiger partial charge in [-0.2, -0.15) is 0 Å². The minimum Gasteiger partial charge on any atom is -0.393 e. The van der Waals surface area contributed by atoms with Gasteiger partial charge in [0.25, 0.3) is 0 Å². The van der Waals surface area contributed by atoms with Crippen molar-refractivity contribution in [3.05, 3.63) is 10.4 Å². The lowest BCUT2D eigenvalue weighted by molar-refractivity contribution is -0.311. The summed E-state index contributed by atoms with van der Waals surface area (Å²) in [6, 6.07) is -1.16. The third-order valence-corrected chi connectivity index (χ3v) is 2.79. The number of nitrogens with zero attached hydrogens (tertiary/aromatic N) is 3. The molecule has 0 radical (unpaired) electrons. The number of hydrogen-bond acceptors (Lipinski definition) is 7. The summed E-state index contributed by atoms with van der Waals surface area (Å²) in [5.74, 6) is 0. The quantitative estimate of drug-likeness (QED) is 0.260. The van der Waals surface area contributed by atoms with E-state index in [-0.39, 0.29) is 0 Å². The fraction of sp³-hybridized carbons (Fsp3) is 1.00. The maximum Gasteiger partial charge on any atom is 0.169 e. The first-order valence-electron chi connectivity index (χ1n) is 4.89. The Labute approximate surface area is 96.8 Å². The van der Waals surface area contributed by atoms with Crippen LogP contribution < -0.4 is 0 Å². The summed E-state index contributed by atoms with van der Waals surface area (Å²) in [7, 11) is 1.24. The molecule has 4 N–H and O–H groups in total. The van der Waals surface area contributed by atoms with E-state index in [0.717, 1.165) is 0 Å². The molecule has 17 heavy (non-hydrogen) atoms. The highest BCUT2D eigenvalue weighted by molar-refractivity contribution is 5.02. The molecule has 1 saturated heterocycles. The van der Waals surface area contributed by atoms with Crippen molar-refractivity contribution >= 4 is 0 Å². The Bertz CT molecular complexity index is 302. The van der Waals surface area contributed by atoms with E-state index in [4.69, 9.17) is 25.2 Å². The number of aliphatic hydroxyl groups is 4. The zero-order valence-electron chi connectivity index (χ0n) is 9.17. The molecule has 9 heteroatoms. The van der Waals surface area contributed by atoms with Crippen LogP contribution in [0.25, 0.3) is 10.4 Å². The van der Waals surface area contributed by atoms with E-state index in [2.05, 4.69) is 10.0 Å². The normalized spacial score (nSPS) is 36.3. The van der Waals surface area contributed by atoms with Crippen LogP contribution in [0.15, 0.2) is 5.11 Å². The molecule has 1 unspecified atom stereocenters. The summed E-state index contributed by atoms with van der Waals surface area (Å²) in [5, 5.41) is 41.1. The lowest BCUT2D eigenvalue weighted by Crippen LogP contribution is -2.67. The molecule has 0 bridgehead atoms. The maximum absolute atomic E-state index is 9.77. The molecular weight excluding hydrogens is 234 g/mol. The van der Waals surface area contributed by atoms with Gasteiger partial charge in [-0.05, 0) is 5.53 Å². The van der Waals surface area contributed by atoms with Crippen LogP contribution in [-0.4, -0.2) is 70.9 Å². The van der Waals surface area contributed by atoms with E-state index in [1.165, 1.54) is 7.11 Å². The predicted octanol–water partition coefficient (Wildman–Crippen LogP) is -1.89. The van der Waals surface area contributed by atoms with Gasteiger partial charge in [0.05, 0.1) is 19.3 Å². The Hall–Kier alpha value is -0.930. The fourth-order valence-corrected chi connectivity index (χ4v) is 1.71. The van der Waals surface area contributed by atoms with Crippen molar-refractivity contribution in [1.82, 2.24) is 0 Å². The van der Waals surface area contributed by atoms with Crippen LogP contribution >= 0.6 is 0 Å². The van der Waals surface area contributed by atoms with Crippen molar-refractivity contribution in [2.75, 3.05) is 20.3 Å². The Morgan fingerprint density at radius 2 is 2.00 bits per heavy atom. The van der Waals surface area contributed by atoms with Gasteiger partial charge < -0.3 is 29.9 Å². The number of hydrogen-bond donors (Lipinski definition) is 4. The van der Waals surface area contributed by atoms with Crippen molar-refractivity contribution in [2.45, 2.75) is 30.1 Å². The Morgan fingerprint density at radius 1 is 1.41 bits per heavy atom. The van der Waals surface area contributed by atoms with Crippen LogP contribution in [0, 0.1) is 0 Å². The second kappa shape index (κ2) is 5.61. The third-order valence-electron chi connectivity index (χ3n) is 2.79. The minimum atomic E-state index is -1.75. The summed E-state index contributed by atoms with van der Waals surface area (Å²) in [6.45, 7) is -1.44. The summed E-state index contributed by atoms with van der Waals surface area (Å²) in [4.78, 5) is 2.51. The molecule has 1 fully saturated rings. The highest BCUT2D eigenvalue weighted by atomic mass is 16.7. The Morgan fingerprint density at radius 3 is 2.41 bits per heavy atom. The molecular formula is C8H15N3O6. The van der Waals surface area contributed by atoms with E-state index in [9.17, 15) is 10.2 Å². The SMILES string of the molecule is CO[C@@H]1OC(CO)(CO)[C@H](O)[C@H](O)C1N=[N+]=[N-]. The van der Waals surface area contributed by atoms with Crippen molar-refractivity contribution in [1.29, 1.82) is 0 Å².